The molecule has 26 heavy (non-hydrogen) atoms. The molecule has 0 unspecified atom stereocenters. The van der Waals surface area contributed by atoms with Gasteiger partial charge in [0.25, 0.3) is 5.91 Å². The standard InChI is InChI=1S/C16H16ClN3O4S2/c1-26(23,24)19-11-6-9(5-10(17)7-11)14-12(8-25-15(14)16(18)22)20-4-2-3-13(20)21/h5-8,19H,2-4H2,1H3,(H2,18,22). The van der Waals surface area contributed by atoms with Gasteiger partial charge >= 0.3 is 0 Å². The summed E-state index contributed by atoms with van der Waals surface area (Å²) in [5.41, 5.74) is 7.33. The molecule has 2 heterocycles. The van der Waals surface area contributed by atoms with Gasteiger partial charge in [-0.05, 0) is 30.2 Å². The first-order valence-electron chi connectivity index (χ1n) is 7.66. The number of sulfonamides is 1. The van der Waals surface area contributed by atoms with E-state index in [0.29, 0.717) is 29.8 Å². The number of thiophene rings is 1. The lowest BCUT2D eigenvalue weighted by molar-refractivity contribution is -0.117. The first-order chi connectivity index (χ1) is 12.2. The number of hydrogen-bond donors (Lipinski definition) is 2. The quantitative estimate of drug-likeness (QED) is 0.785. The van der Waals surface area contributed by atoms with Crippen LogP contribution in [0.1, 0.15) is 22.5 Å². The van der Waals surface area contributed by atoms with E-state index in [1.54, 1.807) is 22.4 Å². The number of nitrogens with two attached hydrogens (primary N) is 1. The highest BCUT2D eigenvalue weighted by Gasteiger charge is 2.28. The smallest absolute Gasteiger partial charge is 0.259 e. The normalized spacial score (nSPS) is 14.7. The van der Waals surface area contributed by atoms with Crippen molar-refractivity contribution in [1.29, 1.82) is 0 Å². The second-order valence-electron chi connectivity index (χ2n) is 5.94. The topological polar surface area (TPSA) is 110 Å². The molecule has 1 saturated heterocycles. The molecule has 0 bridgehead atoms. The second-order valence-corrected chi connectivity index (χ2v) is 9.01. The van der Waals surface area contributed by atoms with Crippen LogP contribution < -0.4 is 15.4 Å². The van der Waals surface area contributed by atoms with Crippen LogP contribution in [-0.2, 0) is 14.8 Å². The Bertz CT molecular complexity index is 1000. The molecule has 0 atom stereocenters. The molecule has 3 N–H and O–H groups in total. The van der Waals surface area contributed by atoms with Crippen LogP contribution in [0.15, 0.2) is 23.6 Å². The number of nitrogens with one attached hydrogen (secondary N) is 1. The van der Waals surface area contributed by atoms with Crippen LogP contribution in [0.5, 0.6) is 0 Å². The lowest BCUT2D eigenvalue weighted by atomic mass is 10.0. The van der Waals surface area contributed by atoms with Gasteiger partial charge in [0.1, 0.15) is 4.88 Å². The number of rotatable bonds is 5. The summed E-state index contributed by atoms with van der Waals surface area (Å²) in [5.74, 6) is -0.655. The summed E-state index contributed by atoms with van der Waals surface area (Å²) in [4.78, 5) is 25.9. The monoisotopic (exact) mass is 413 g/mol. The van der Waals surface area contributed by atoms with Crippen LogP contribution in [0, 0.1) is 0 Å². The molecule has 1 aliphatic rings. The Morgan fingerprint density at radius 1 is 1.35 bits per heavy atom. The summed E-state index contributed by atoms with van der Waals surface area (Å²) < 4.78 is 25.4. The summed E-state index contributed by atoms with van der Waals surface area (Å²) in [6.45, 7) is 0.551. The highest BCUT2D eigenvalue weighted by Crippen LogP contribution is 2.42. The van der Waals surface area contributed by atoms with Gasteiger partial charge in [0.2, 0.25) is 15.9 Å². The number of benzene rings is 1. The van der Waals surface area contributed by atoms with Crippen LogP contribution in [0.2, 0.25) is 5.02 Å². The van der Waals surface area contributed by atoms with Gasteiger partial charge in [0.05, 0.1) is 17.6 Å². The zero-order valence-corrected chi connectivity index (χ0v) is 16.2. The Morgan fingerprint density at radius 2 is 2.08 bits per heavy atom. The van der Waals surface area contributed by atoms with Crippen molar-refractivity contribution in [2.45, 2.75) is 12.8 Å². The third-order valence-corrected chi connectivity index (χ3v) is 5.66. The molecular formula is C16H16ClN3O4S2. The largest absolute Gasteiger partial charge is 0.365 e. The Hall–Kier alpha value is -2.10. The zero-order valence-electron chi connectivity index (χ0n) is 13.8. The lowest BCUT2D eigenvalue weighted by Crippen LogP contribution is -2.24. The molecule has 0 aliphatic carbocycles. The minimum atomic E-state index is -3.50. The zero-order chi connectivity index (χ0) is 19.1. The molecule has 2 amide bonds. The molecule has 138 valence electrons. The van der Waals surface area contributed by atoms with Crippen molar-refractivity contribution in [2.75, 3.05) is 22.4 Å². The lowest BCUT2D eigenvalue weighted by Gasteiger charge is -2.18. The number of halogens is 1. The van der Waals surface area contributed by atoms with Crippen LogP contribution in [-0.4, -0.2) is 33.0 Å². The molecule has 7 nitrogen and oxygen atoms in total. The average Bonchev–Trinajstić information content (AvgIpc) is 3.10. The third kappa shape index (κ3) is 3.84. The fourth-order valence-corrected chi connectivity index (χ4v) is 4.63. The molecule has 3 rings (SSSR count). The van der Waals surface area contributed by atoms with Gasteiger partial charge in [-0.2, -0.15) is 0 Å². The molecule has 1 aromatic carbocycles. The van der Waals surface area contributed by atoms with Gasteiger partial charge < -0.3 is 10.6 Å². The predicted molar refractivity (Wildman–Crippen MR) is 103 cm³/mol. The number of carbonyl (C=O) groups excluding carboxylic acids is 2. The molecule has 10 heteroatoms. The van der Waals surface area contributed by atoms with Crippen molar-refractivity contribution >= 4 is 56.2 Å². The van der Waals surface area contributed by atoms with E-state index in [1.807, 2.05) is 0 Å². The number of carbonyl (C=O) groups is 2. The van der Waals surface area contributed by atoms with Crippen molar-refractivity contribution in [1.82, 2.24) is 0 Å². The fourth-order valence-electron chi connectivity index (χ4n) is 2.92. The van der Waals surface area contributed by atoms with Crippen molar-refractivity contribution in [3.8, 4) is 11.1 Å². The number of anilines is 2. The van der Waals surface area contributed by atoms with Gasteiger partial charge in [-0.3, -0.25) is 14.3 Å². The maximum atomic E-state index is 12.2. The van der Waals surface area contributed by atoms with E-state index >= 15 is 0 Å². The first-order valence-corrected chi connectivity index (χ1v) is 10.8. The van der Waals surface area contributed by atoms with E-state index in [0.717, 1.165) is 24.0 Å². The maximum Gasteiger partial charge on any atom is 0.259 e. The Morgan fingerprint density at radius 3 is 2.65 bits per heavy atom. The average molecular weight is 414 g/mol. The highest BCUT2D eigenvalue weighted by molar-refractivity contribution is 7.92. The third-order valence-electron chi connectivity index (χ3n) is 3.85. The van der Waals surface area contributed by atoms with Crippen LogP contribution in [0.3, 0.4) is 0 Å². The molecule has 0 spiro atoms. The van der Waals surface area contributed by atoms with E-state index < -0.39 is 15.9 Å². The van der Waals surface area contributed by atoms with E-state index in [2.05, 4.69) is 4.72 Å². The van der Waals surface area contributed by atoms with Crippen molar-refractivity contribution < 1.29 is 18.0 Å². The second kappa shape index (κ2) is 6.90. The molecule has 1 fully saturated rings. The summed E-state index contributed by atoms with van der Waals surface area (Å²) in [5, 5.41) is 2.00. The molecule has 2 aromatic rings. The van der Waals surface area contributed by atoms with Gasteiger partial charge in [-0.25, -0.2) is 8.42 Å². The highest BCUT2D eigenvalue weighted by atomic mass is 35.5. The predicted octanol–water partition coefficient (Wildman–Crippen LogP) is 2.67. The summed E-state index contributed by atoms with van der Waals surface area (Å²) in [6, 6.07) is 4.63. The van der Waals surface area contributed by atoms with E-state index in [-0.39, 0.29) is 21.5 Å². The van der Waals surface area contributed by atoms with Gasteiger partial charge in [0, 0.05) is 28.9 Å². The van der Waals surface area contributed by atoms with E-state index in [1.165, 1.54) is 6.07 Å². The van der Waals surface area contributed by atoms with Crippen molar-refractivity contribution in [2.24, 2.45) is 5.73 Å². The molecule has 1 aromatic heterocycles. The molecule has 0 saturated carbocycles. The maximum absolute atomic E-state index is 12.2. The van der Waals surface area contributed by atoms with Crippen molar-refractivity contribution in [3.63, 3.8) is 0 Å². The van der Waals surface area contributed by atoms with Crippen LogP contribution >= 0.6 is 22.9 Å². The van der Waals surface area contributed by atoms with E-state index in [4.69, 9.17) is 17.3 Å². The van der Waals surface area contributed by atoms with Crippen LogP contribution in [0.4, 0.5) is 11.4 Å². The van der Waals surface area contributed by atoms with Crippen molar-refractivity contribution in [3.05, 3.63) is 33.5 Å². The van der Waals surface area contributed by atoms with Crippen LogP contribution in [0.25, 0.3) is 11.1 Å². The molecule has 1 aliphatic heterocycles. The minimum Gasteiger partial charge on any atom is -0.365 e. The Labute approximate surface area is 159 Å². The van der Waals surface area contributed by atoms with E-state index in [9.17, 15) is 18.0 Å². The molecular weight excluding hydrogens is 398 g/mol. The number of nitrogens with zero attached hydrogens (tertiary/aromatic N) is 1. The Kier molecular flexibility index (Phi) is 4.96. The first kappa shape index (κ1) is 18.7. The van der Waals surface area contributed by atoms with Gasteiger partial charge in [0.15, 0.2) is 0 Å². The number of amides is 2. The van der Waals surface area contributed by atoms with Gasteiger partial charge in [-0.1, -0.05) is 11.6 Å². The van der Waals surface area contributed by atoms with Gasteiger partial charge in [-0.15, -0.1) is 11.3 Å². The fraction of sp³-hybridized carbons (Fsp3) is 0.250. The summed E-state index contributed by atoms with van der Waals surface area (Å²) in [6.07, 6.45) is 2.20. The Balaban J connectivity index is 2.18. The minimum absolute atomic E-state index is 0.0309. The summed E-state index contributed by atoms with van der Waals surface area (Å²) >= 11 is 7.28. The number of primary amides is 1. The number of hydrogen-bond acceptors (Lipinski definition) is 5. The summed E-state index contributed by atoms with van der Waals surface area (Å²) in [7, 11) is -3.50. The molecule has 0 radical (unpaired) electrons. The SMILES string of the molecule is CS(=O)(=O)Nc1cc(Cl)cc(-c2c(N3CCCC3=O)csc2C(N)=O)c1.